The minimum absolute atomic E-state index is 0.0611. The Kier molecular flexibility index (Phi) is 5.38. The molecule has 0 spiro atoms. The zero-order valence-corrected chi connectivity index (χ0v) is 9.85. The third kappa shape index (κ3) is 3.91. The fourth-order valence-electron chi connectivity index (χ4n) is 2.16. The van der Waals surface area contributed by atoms with Crippen molar-refractivity contribution >= 4 is 18.5 Å². The molecule has 14 heavy (non-hydrogen) atoms. The van der Waals surface area contributed by atoms with Crippen molar-refractivity contribution in [3.05, 3.63) is 0 Å². The Hall–Kier alpha value is -0.180. The maximum Gasteiger partial charge on any atom is 0.229 e. The average Bonchev–Trinajstić information content (AvgIpc) is 2.26. The molecule has 1 amide bonds. The molecule has 0 atom stereocenters. The van der Waals surface area contributed by atoms with Crippen LogP contribution in [0.2, 0.25) is 0 Å². The lowest BCUT2D eigenvalue weighted by Gasteiger charge is -2.27. The molecule has 1 N–H and O–H groups in total. The van der Waals surface area contributed by atoms with E-state index in [0.29, 0.717) is 11.7 Å². The van der Waals surface area contributed by atoms with E-state index in [2.05, 4.69) is 24.9 Å². The number of carbonyl (C=O) groups excluding carboxylic acids is 1. The molecule has 2 nitrogen and oxygen atoms in total. The van der Waals surface area contributed by atoms with Crippen molar-refractivity contribution < 1.29 is 4.79 Å². The Morgan fingerprint density at radius 2 is 1.86 bits per heavy atom. The van der Waals surface area contributed by atoms with Crippen LogP contribution in [0.3, 0.4) is 0 Å². The molecule has 1 fully saturated rings. The molecule has 0 aromatic rings. The molecule has 82 valence electrons. The Morgan fingerprint density at radius 1 is 1.29 bits per heavy atom. The third-order valence-corrected chi connectivity index (χ3v) is 3.56. The van der Waals surface area contributed by atoms with E-state index in [1.807, 2.05) is 0 Å². The zero-order valence-electron chi connectivity index (χ0n) is 8.96. The first kappa shape index (κ1) is 11.9. The van der Waals surface area contributed by atoms with Gasteiger partial charge in [-0.2, -0.15) is 12.6 Å². The van der Waals surface area contributed by atoms with Gasteiger partial charge in [0.2, 0.25) is 5.91 Å². The van der Waals surface area contributed by atoms with Crippen LogP contribution in [0.25, 0.3) is 0 Å². The molecular formula is C11H21NOS. The SMILES string of the molecule is CCC1CCC(CNC(=O)CS)CC1. The first-order valence-electron chi connectivity index (χ1n) is 5.63. The molecule has 1 aliphatic carbocycles. The van der Waals surface area contributed by atoms with Crippen LogP contribution < -0.4 is 5.32 Å². The smallest absolute Gasteiger partial charge is 0.229 e. The molecule has 0 bridgehead atoms. The van der Waals surface area contributed by atoms with Crippen LogP contribution >= 0.6 is 12.6 Å². The van der Waals surface area contributed by atoms with Crippen molar-refractivity contribution in [2.24, 2.45) is 11.8 Å². The Labute approximate surface area is 92.2 Å². The van der Waals surface area contributed by atoms with Gasteiger partial charge in [-0.3, -0.25) is 4.79 Å². The van der Waals surface area contributed by atoms with Crippen molar-refractivity contribution in [2.45, 2.75) is 39.0 Å². The zero-order chi connectivity index (χ0) is 10.4. The lowest BCUT2D eigenvalue weighted by Crippen LogP contribution is -2.31. The largest absolute Gasteiger partial charge is 0.355 e. The van der Waals surface area contributed by atoms with Crippen molar-refractivity contribution in [1.82, 2.24) is 5.32 Å². The lowest BCUT2D eigenvalue weighted by molar-refractivity contribution is -0.118. The summed E-state index contributed by atoms with van der Waals surface area (Å²) in [4.78, 5) is 11.0. The van der Waals surface area contributed by atoms with Gasteiger partial charge in [0.25, 0.3) is 0 Å². The van der Waals surface area contributed by atoms with Crippen LogP contribution in [-0.4, -0.2) is 18.2 Å². The van der Waals surface area contributed by atoms with E-state index in [4.69, 9.17) is 0 Å². The third-order valence-electron chi connectivity index (χ3n) is 3.28. The van der Waals surface area contributed by atoms with E-state index in [9.17, 15) is 4.79 Å². The summed E-state index contributed by atoms with van der Waals surface area (Å²) in [6.07, 6.45) is 6.57. The first-order chi connectivity index (χ1) is 6.76. The number of carbonyl (C=O) groups is 1. The number of nitrogens with one attached hydrogen (secondary N) is 1. The van der Waals surface area contributed by atoms with Crippen LogP contribution in [0, 0.1) is 11.8 Å². The van der Waals surface area contributed by atoms with Gasteiger partial charge in [0.15, 0.2) is 0 Å². The standard InChI is InChI=1S/C11H21NOS/c1-2-9-3-5-10(6-4-9)7-12-11(13)8-14/h9-10,14H,2-8H2,1H3,(H,12,13). The van der Waals surface area contributed by atoms with Crippen molar-refractivity contribution in [1.29, 1.82) is 0 Å². The van der Waals surface area contributed by atoms with E-state index >= 15 is 0 Å². The molecular weight excluding hydrogens is 194 g/mol. The molecule has 0 aromatic heterocycles. The van der Waals surface area contributed by atoms with Crippen molar-refractivity contribution in [3.63, 3.8) is 0 Å². The molecule has 0 heterocycles. The Bertz CT molecular complexity index is 176. The monoisotopic (exact) mass is 215 g/mol. The summed E-state index contributed by atoms with van der Waals surface area (Å²) in [5.41, 5.74) is 0. The molecule has 0 radical (unpaired) electrons. The fraction of sp³-hybridized carbons (Fsp3) is 0.909. The van der Waals surface area contributed by atoms with Gasteiger partial charge in [-0.25, -0.2) is 0 Å². The second-order valence-electron chi connectivity index (χ2n) is 4.26. The van der Waals surface area contributed by atoms with E-state index in [1.165, 1.54) is 32.1 Å². The molecule has 0 unspecified atom stereocenters. The summed E-state index contributed by atoms with van der Waals surface area (Å²) in [5.74, 6) is 2.02. The minimum atomic E-state index is 0.0611. The van der Waals surface area contributed by atoms with E-state index in [1.54, 1.807) is 0 Å². The summed E-state index contributed by atoms with van der Waals surface area (Å²) >= 11 is 3.93. The van der Waals surface area contributed by atoms with Crippen LogP contribution in [0.1, 0.15) is 39.0 Å². The predicted octanol–water partition coefficient (Wildman–Crippen LogP) is 2.25. The molecule has 0 aromatic carbocycles. The molecule has 3 heteroatoms. The Balaban J connectivity index is 2.13. The van der Waals surface area contributed by atoms with Crippen molar-refractivity contribution in [3.8, 4) is 0 Å². The lowest BCUT2D eigenvalue weighted by atomic mass is 9.81. The van der Waals surface area contributed by atoms with Gasteiger partial charge in [-0.05, 0) is 24.7 Å². The number of thiol groups is 1. The molecule has 0 aliphatic heterocycles. The number of rotatable bonds is 4. The summed E-state index contributed by atoms with van der Waals surface area (Å²) < 4.78 is 0. The van der Waals surface area contributed by atoms with Gasteiger partial charge in [-0.15, -0.1) is 0 Å². The van der Waals surface area contributed by atoms with Gasteiger partial charge in [0, 0.05) is 6.54 Å². The summed E-state index contributed by atoms with van der Waals surface area (Å²) in [6, 6.07) is 0. The molecule has 1 rings (SSSR count). The maximum absolute atomic E-state index is 11.0. The minimum Gasteiger partial charge on any atom is -0.355 e. The highest BCUT2D eigenvalue weighted by Crippen LogP contribution is 2.29. The second-order valence-corrected chi connectivity index (χ2v) is 4.57. The number of hydrogen-bond acceptors (Lipinski definition) is 2. The van der Waals surface area contributed by atoms with E-state index < -0.39 is 0 Å². The number of amides is 1. The molecule has 1 saturated carbocycles. The average molecular weight is 215 g/mol. The number of hydrogen-bond donors (Lipinski definition) is 2. The highest BCUT2D eigenvalue weighted by atomic mass is 32.1. The molecule has 0 saturated heterocycles. The van der Waals surface area contributed by atoms with Crippen molar-refractivity contribution in [2.75, 3.05) is 12.3 Å². The van der Waals surface area contributed by atoms with Gasteiger partial charge in [0.05, 0.1) is 5.75 Å². The summed E-state index contributed by atoms with van der Waals surface area (Å²) in [5, 5.41) is 2.92. The fourth-order valence-corrected chi connectivity index (χ4v) is 2.27. The highest BCUT2D eigenvalue weighted by Gasteiger charge is 2.19. The van der Waals surface area contributed by atoms with Crippen LogP contribution in [0.4, 0.5) is 0 Å². The van der Waals surface area contributed by atoms with E-state index in [-0.39, 0.29) is 5.91 Å². The van der Waals surface area contributed by atoms with Gasteiger partial charge in [-0.1, -0.05) is 26.2 Å². The summed E-state index contributed by atoms with van der Waals surface area (Å²) in [6.45, 7) is 3.13. The van der Waals surface area contributed by atoms with Gasteiger partial charge >= 0.3 is 0 Å². The van der Waals surface area contributed by atoms with Crippen LogP contribution in [-0.2, 0) is 4.79 Å². The van der Waals surface area contributed by atoms with Gasteiger partial charge < -0.3 is 5.32 Å². The quantitative estimate of drug-likeness (QED) is 0.692. The maximum atomic E-state index is 11.0. The summed E-state index contributed by atoms with van der Waals surface area (Å²) in [7, 11) is 0. The Morgan fingerprint density at radius 3 is 2.36 bits per heavy atom. The van der Waals surface area contributed by atoms with Crippen LogP contribution in [0.15, 0.2) is 0 Å². The molecule has 1 aliphatic rings. The predicted molar refractivity (Wildman–Crippen MR) is 62.6 cm³/mol. The normalized spacial score (nSPS) is 27.3. The topological polar surface area (TPSA) is 29.1 Å². The van der Waals surface area contributed by atoms with Gasteiger partial charge in [0.1, 0.15) is 0 Å². The highest BCUT2D eigenvalue weighted by molar-refractivity contribution is 7.81. The second kappa shape index (κ2) is 6.33. The first-order valence-corrected chi connectivity index (χ1v) is 6.27. The van der Waals surface area contributed by atoms with Crippen LogP contribution in [0.5, 0.6) is 0 Å². The van der Waals surface area contributed by atoms with E-state index in [0.717, 1.165) is 12.5 Å².